The summed E-state index contributed by atoms with van der Waals surface area (Å²) in [5.41, 5.74) is 0.312. The maximum Gasteiger partial charge on any atom is 0.407 e. The quantitative estimate of drug-likeness (QED) is 0.165. The maximum atomic E-state index is 13.1. The van der Waals surface area contributed by atoms with E-state index in [1.165, 1.54) is 0 Å². The molecule has 0 spiro atoms. The van der Waals surface area contributed by atoms with Crippen LogP contribution in [-0.4, -0.2) is 113 Å². The van der Waals surface area contributed by atoms with Gasteiger partial charge in [-0.15, -0.1) is 0 Å². The van der Waals surface area contributed by atoms with E-state index in [4.69, 9.17) is 14.2 Å². The lowest BCUT2D eigenvalue weighted by molar-refractivity contribution is -0.136. The Labute approximate surface area is 264 Å². The van der Waals surface area contributed by atoms with E-state index in [1.807, 2.05) is 25.1 Å². The first-order valence-corrected chi connectivity index (χ1v) is 16.2. The van der Waals surface area contributed by atoms with Crippen LogP contribution in [0.25, 0.3) is 0 Å². The number of fused-ring (bicyclic) bond motifs is 1. The van der Waals surface area contributed by atoms with E-state index in [0.29, 0.717) is 71.1 Å². The fourth-order valence-electron chi connectivity index (χ4n) is 5.17. The number of carbonyl (C=O) groups excluding carboxylic acids is 5. The van der Waals surface area contributed by atoms with Gasteiger partial charge in [0.25, 0.3) is 11.8 Å². The lowest BCUT2D eigenvalue weighted by Crippen LogP contribution is -2.54. The van der Waals surface area contributed by atoms with Gasteiger partial charge in [-0.1, -0.05) is 6.07 Å². The molecule has 2 fully saturated rings. The third-order valence-corrected chi connectivity index (χ3v) is 8.57. The SMILES string of the molecule is CC(C)(C)OC(=O)NC1CCN(S(=O)NCCOCCOCCNc2cccc3c2C(=O)N(C2CCC(=O)NC2=O)C3=O)CC1. The Balaban J connectivity index is 1.06. The largest absolute Gasteiger partial charge is 0.444 e. The number of rotatable bonds is 14. The van der Waals surface area contributed by atoms with E-state index in [9.17, 15) is 28.2 Å². The van der Waals surface area contributed by atoms with Crippen molar-refractivity contribution in [1.82, 2.24) is 24.6 Å². The Morgan fingerprint density at radius 2 is 1.67 bits per heavy atom. The van der Waals surface area contributed by atoms with Crippen LogP contribution in [0.4, 0.5) is 10.5 Å². The van der Waals surface area contributed by atoms with Gasteiger partial charge in [0.15, 0.2) is 11.2 Å². The number of ether oxygens (including phenoxy) is 3. The predicted molar refractivity (Wildman–Crippen MR) is 163 cm³/mol. The molecule has 5 amide bonds. The predicted octanol–water partition coefficient (Wildman–Crippen LogP) is 0.690. The highest BCUT2D eigenvalue weighted by molar-refractivity contribution is 7.80. The lowest BCUT2D eigenvalue weighted by Gasteiger charge is -2.31. The van der Waals surface area contributed by atoms with Crippen molar-refractivity contribution in [3.63, 3.8) is 0 Å². The van der Waals surface area contributed by atoms with Gasteiger partial charge in [0.1, 0.15) is 11.6 Å². The number of hydrogen-bond acceptors (Lipinski definition) is 10. The van der Waals surface area contributed by atoms with Gasteiger partial charge in [0, 0.05) is 44.3 Å². The van der Waals surface area contributed by atoms with Gasteiger partial charge in [-0.3, -0.25) is 29.4 Å². The molecule has 4 rings (SSSR count). The Morgan fingerprint density at radius 1 is 0.978 bits per heavy atom. The molecule has 0 radical (unpaired) electrons. The van der Waals surface area contributed by atoms with Gasteiger partial charge < -0.3 is 24.8 Å². The Hall–Kier alpha value is -3.44. The van der Waals surface area contributed by atoms with E-state index in [2.05, 4.69) is 20.7 Å². The highest BCUT2D eigenvalue weighted by Crippen LogP contribution is 2.32. The summed E-state index contributed by atoms with van der Waals surface area (Å²) in [5.74, 6) is -2.21. The zero-order valence-electron chi connectivity index (χ0n) is 25.8. The Bertz CT molecular complexity index is 1300. The second kappa shape index (κ2) is 15.7. The first kappa shape index (κ1) is 34.4. The van der Waals surface area contributed by atoms with Crippen molar-refractivity contribution in [2.75, 3.05) is 57.9 Å². The number of amides is 5. The number of alkyl carbamates (subject to hydrolysis) is 1. The Morgan fingerprint density at radius 3 is 2.33 bits per heavy atom. The molecule has 0 saturated carbocycles. The molecule has 0 aromatic heterocycles. The van der Waals surface area contributed by atoms with Crippen molar-refractivity contribution in [3.05, 3.63) is 29.3 Å². The van der Waals surface area contributed by atoms with E-state index in [0.717, 1.165) is 4.90 Å². The van der Waals surface area contributed by atoms with Crippen molar-refractivity contribution in [1.29, 1.82) is 0 Å². The highest BCUT2D eigenvalue weighted by atomic mass is 32.2. The molecule has 1 aromatic rings. The van der Waals surface area contributed by atoms with Gasteiger partial charge in [0.05, 0.1) is 37.6 Å². The summed E-state index contributed by atoms with van der Waals surface area (Å²) < 4.78 is 33.7. The average molecular weight is 651 g/mol. The van der Waals surface area contributed by atoms with Gasteiger partial charge in [-0.05, 0) is 52.2 Å². The number of anilines is 1. The zero-order valence-corrected chi connectivity index (χ0v) is 26.7. The average Bonchev–Trinajstić information content (AvgIpc) is 3.23. The molecular weight excluding hydrogens is 608 g/mol. The van der Waals surface area contributed by atoms with Gasteiger partial charge in [-0.2, -0.15) is 0 Å². The number of carbonyl (C=O) groups is 5. The molecule has 4 N–H and O–H groups in total. The van der Waals surface area contributed by atoms with Gasteiger partial charge in [0.2, 0.25) is 11.8 Å². The van der Waals surface area contributed by atoms with Crippen molar-refractivity contribution < 1.29 is 42.4 Å². The van der Waals surface area contributed by atoms with Gasteiger partial charge >= 0.3 is 6.09 Å². The number of benzene rings is 1. The Kier molecular flexibility index (Phi) is 12.0. The molecule has 15 nitrogen and oxygen atoms in total. The molecule has 16 heteroatoms. The minimum atomic E-state index is -1.35. The number of hydrogen-bond donors (Lipinski definition) is 4. The van der Waals surface area contributed by atoms with Crippen LogP contribution < -0.4 is 20.7 Å². The van der Waals surface area contributed by atoms with Gasteiger partial charge in [-0.25, -0.2) is 18.0 Å². The third-order valence-electron chi connectivity index (χ3n) is 7.28. The molecule has 3 aliphatic rings. The first-order chi connectivity index (χ1) is 21.4. The molecule has 2 unspecified atom stereocenters. The van der Waals surface area contributed by atoms with Crippen molar-refractivity contribution in [3.8, 4) is 0 Å². The molecule has 0 aliphatic carbocycles. The summed E-state index contributed by atoms with van der Waals surface area (Å²) in [7, 11) is 0. The van der Waals surface area contributed by atoms with E-state index >= 15 is 0 Å². The van der Waals surface area contributed by atoms with E-state index in [1.54, 1.807) is 18.2 Å². The summed E-state index contributed by atoms with van der Waals surface area (Å²) in [5, 5.41) is 8.17. The maximum absolute atomic E-state index is 13.1. The standard InChI is InChI=1S/C29H42N6O9S/c1-29(2,3)44-28(40)32-19-9-13-34(14-10-19)45(41)31-12-16-43-18-17-42-15-11-30-21-6-4-5-20-24(21)27(39)35(26(20)38)22-7-8-23(36)33-25(22)37/h4-6,19,22,30-31H,7-18H2,1-3H3,(H,32,40)(H,33,36,37). The minimum Gasteiger partial charge on any atom is -0.444 e. The summed E-state index contributed by atoms with van der Waals surface area (Å²) in [6.45, 7) is 8.69. The van der Waals surface area contributed by atoms with Crippen molar-refractivity contribution in [2.24, 2.45) is 0 Å². The minimum absolute atomic E-state index is 0.0119. The second-order valence-corrected chi connectivity index (χ2v) is 13.1. The molecule has 248 valence electrons. The van der Waals surface area contributed by atoms with E-state index < -0.39 is 52.5 Å². The van der Waals surface area contributed by atoms with Crippen LogP contribution in [0, 0.1) is 0 Å². The number of nitrogens with one attached hydrogen (secondary N) is 4. The van der Waals surface area contributed by atoms with Crippen molar-refractivity contribution in [2.45, 2.75) is 64.1 Å². The monoisotopic (exact) mass is 650 g/mol. The number of piperidine rings is 2. The summed E-state index contributed by atoms with van der Waals surface area (Å²) in [6.07, 6.45) is 1.07. The van der Waals surface area contributed by atoms with Crippen LogP contribution in [0.3, 0.4) is 0 Å². The number of nitrogens with zero attached hydrogens (tertiary/aromatic N) is 2. The van der Waals surface area contributed by atoms with Crippen LogP contribution in [0.15, 0.2) is 18.2 Å². The highest BCUT2D eigenvalue weighted by Gasteiger charge is 2.45. The summed E-state index contributed by atoms with van der Waals surface area (Å²) >= 11 is -1.35. The normalized spacial score (nSPS) is 20.2. The van der Waals surface area contributed by atoms with Crippen LogP contribution >= 0.6 is 0 Å². The molecule has 3 aliphatic heterocycles. The molecule has 1 aromatic carbocycles. The smallest absolute Gasteiger partial charge is 0.407 e. The zero-order chi connectivity index (χ0) is 32.6. The van der Waals surface area contributed by atoms with Crippen LogP contribution in [0.1, 0.15) is 67.2 Å². The molecule has 45 heavy (non-hydrogen) atoms. The summed E-state index contributed by atoms with van der Waals surface area (Å²) in [6, 6.07) is 3.85. The molecule has 2 atom stereocenters. The lowest BCUT2D eigenvalue weighted by atomic mass is 10.0. The number of imide groups is 2. The third kappa shape index (κ3) is 9.53. The molecular formula is C29H42N6O9S. The first-order valence-electron chi connectivity index (χ1n) is 15.1. The van der Waals surface area contributed by atoms with Crippen molar-refractivity contribution >= 4 is 46.6 Å². The topological polar surface area (TPSA) is 185 Å². The molecule has 3 heterocycles. The second-order valence-electron chi connectivity index (χ2n) is 11.8. The molecule has 2 saturated heterocycles. The summed E-state index contributed by atoms with van der Waals surface area (Å²) in [4.78, 5) is 62.7. The van der Waals surface area contributed by atoms with Crippen LogP contribution in [-0.2, 0) is 35.0 Å². The van der Waals surface area contributed by atoms with E-state index in [-0.39, 0.29) is 30.0 Å². The molecule has 0 bridgehead atoms. The fourth-order valence-corrected chi connectivity index (χ4v) is 6.16. The van der Waals surface area contributed by atoms with Crippen LogP contribution in [0.2, 0.25) is 0 Å². The van der Waals surface area contributed by atoms with Crippen LogP contribution in [0.5, 0.6) is 0 Å². The fraction of sp³-hybridized carbons (Fsp3) is 0.621.